The van der Waals surface area contributed by atoms with Crippen LogP contribution in [-0.2, 0) is 4.79 Å². The largest absolute Gasteiger partial charge is 0.324 e. The van der Waals surface area contributed by atoms with Crippen LogP contribution in [0.15, 0.2) is 18.2 Å². The minimum absolute atomic E-state index is 0.0559. The minimum Gasteiger partial charge on any atom is -0.324 e. The average molecular weight is 253 g/mol. The molecule has 1 saturated heterocycles. The summed E-state index contributed by atoms with van der Waals surface area (Å²) < 4.78 is 0. The molecule has 2 N–H and O–H groups in total. The van der Waals surface area contributed by atoms with Crippen LogP contribution in [-0.4, -0.2) is 19.0 Å². The van der Waals surface area contributed by atoms with E-state index in [2.05, 4.69) is 10.6 Å². The third kappa shape index (κ3) is 3.20. The maximum Gasteiger partial charge on any atom is 0.228 e. The van der Waals surface area contributed by atoms with Gasteiger partial charge in [-0.15, -0.1) is 0 Å². The molecule has 0 saturated carbocycles. The molecule has 0 aromatic heterocycles. The molecule has 1 fully saturated rings. The number of hydrogen-bond acceptors (Lipinski definition) is 2. The quantitative estimate of drug-likeness (QED) is 0.850. The van der Waals surface area contributed by atoms with Crippen LogP contribution >= 0.6 is 11.6 Å². The summed E-state index contributed by atoms with van der Waals surface area (Å²) in [5, 5.41) is 6.73. The molecular formula is C13H17ClN2O. The average Bonchev–Trinajstić information content (AvgIpc) is 2.35. The standard InChI is InChI=1S/C13H17ClN2O/c1-9-4-5-11(14)12(7-9)16-13(17)10-3-2-6-15-8-10/h4-5,7,10,15H,2-3,6,8H2,1H3,(H,16,17)/t10-/m0/s1. The zero-order chi connectivity index (χ0) is 12.3. The van der Waals surface area contributed by atoms with Gasteiger partial charge in [-0.2, -0.15) is 0 Å². The lowest BCUT2D eigenvalue weighted by atomic mass is 9.99. The molecular weight excluding hydrogens is 236 g/mol. The van der Waals surface area contributed by atoms with Gasteiger partial charge in [-0.3, -0.25) is 4.79 Å². The van der Waals surface area contributed by atoms with Gasteiger partial charge in [0, 0.05) is 6.54 Å². The Kier molecular flexibility index (Phi) is 4.02. The fraction of sp³-hybridized carbons (Fsp3) is 0.462. The first-order valence-corrected chi connectivity index (χ1v) is 6.32. The van der Waals surface area contributed by atoms with Gasteiger partial charge in [-0.1, -0.05) is 17.7 Å². The fourth-order valence-electron chi connectivity index (χ4n) is 2.05. The Morgan fingerprint density at radius 2 is 2.35 bits per heavy atom. The molecule has 0 bridgehead atoms. The number of halogens is 1. The monoisotopic (exact) mass is 252 g/mol. The number of amides is 1. The molecule has 0 radical (unpaired) electrons. The second kappa shape index (κ2) is 5.52. The number of piperidine rings is 1. The zero-order valence-corrected chi connectivity index (χ0v) is 10.7. The number of carbonyl (C=O) groups excluding carboxylic acids is 1. The SMILES string of the molecule is Cc1ccc(Cl)c(NC(=O)[C@H]2CCCNC2)c1. The van der Waals surface area contributed by atoms with E-state index in [1.165, 1.54) is 0 Å². The Labute approximate surface area is 107 Å². The molecule has 3 nitrogen and oxygen atoms in total. The second-order valence-electron chi connectivity index (χ2n) is 4.52. The van der Waals surface area contributed by atoms with Gasteiger partial charge < -0.3 is 10.6 Å². The lowest BCUT2D eigenvalue weighted by Crippen LogP contribution is -2.37. The summed E-state index contributed by atoms with van der Waals surface area (Å²) in [6.07, 6.45) is 2.00. The lowest BCUT2D eigenvalue weighted by Gasteiger charge is -2.22. The molecule has 1 aliphatic heterocycles. The van der Waals surface area contributed by atoms with Crippen LogP contribution in [0.5, 0.6) is 0 Å². The molecule has 1 amide bonds. The predicted octanol–water partition coefficient (Wildman–Crippen LogP) is 2.59. The van der Waals surface area contributed by atoms with Gasteiger partial charge in [-0.05, 0) is 44.0 Å². The van der Waals surface area contributed by atoms with Crippen molar-refractivity contribution in [2.24, 2.45) is 5.92 Å². The van der Waals surface area contributed by atoms with Crippen LogP contribution in [0, 0.1) is 12.8 Å². The van der Waals surface area contributed by atoms with Crippen LogP contribution < -0.4 is 10.6 Å². The summed E-state index contributed by atoms with van der Waals surface area (Å²) in [4.78, 5) is 12.0. The maximum atomic E-state index is 12.0. The van der Waals surface area contributed by atoms with Crippen LogP contribution in [0.3, 0.4) is 0 Å². The van der Waals surface area contributed by atoms with Crippen molar-refractivity contribution in [1.29, 1.82) is 0 Å². The van der Waals surface area contributed by atoms with Gasteiger partial charge in [0.05, 0.1) is 16.6 Å². The summed E-state index contributed by atoms with van der Waals surface area (Å²) in [5.41, 5.74) is 1.80. The van der Waals surface area contributed by atoms with Crippen LogP contribution in [0.4, 0.5) is 5.69 Å². The molecule has 1 aromatic rings. The van der Waals surface area contributed by atoms with Gasteiger partial charge in [0.2, 0.25) is 5.91 Å². The van der Waals surface area contributed by atoms with E-state index in [1.807, 2.05) is 25.1 Å². The maximum absolute atomic E-state index is 12.0. The molecule has 92 valence electrons. The molecule has 1 aromatic carbocycles. The Morgan fingerprint density at radius 3 is 3.06 bits per heavy atom. The Bertz CT molecular complexity index is 414. The number of hydrogen-bond donors (Lipinski definition) is 2. The van der Waals surface area contributed by atoms with Gasteiger partial charge in [0.1, 0.15) is 0 Å². The number of nitrogens with one attached hydrogen (secondary N) is 2. The fourth-order valence-corrected chi connectivity index (χ4v) is 2.21. The molecule has 0 unspecified atom stereocenters. The lowest BCUT2D eigenvalue weighted by molar-refractivity contribution is -0.120. The Morgan fingerprint density at radius 1 is 1.53 bits per heavy atom. The van der Waals surface area contributed by atoms with Crippen molar-refractivity contribution >= 4 is 23.2 Å². The van der Waals surface area contributed by atoms with Crippen molar-refractivity contribution in [2.75, 3.05) is 18.4 Å². The van der Waals surface area contributed by atoms with Gasteiger partial charge >= 0.3 is 0 Å². The van der Waals surface area contributed by atoms with Gasteiger partial charge in [0.25, 0.3) is 0 Å². The van der Waals surface area contributed by atoms with Crippen molar-refractivity contribution in [3.63, 3.8) is 0 Å². The molecule has 1 atom stereocenters. The van der Waals surface area contributed by atoms with Gasteiger partial charge in [-0.25, -0.2) is 0 Å². The zero-order valence-electron chi connectivity index (χ0n) is 9.92. The molecule has 0 aliphatic carbocycles. The van der Waals surface area contributed by atoms with E-state index in [-0.39, 0.29) is 11.8 Å². The summed E-state index contributed by atoms with van der Waals surface area (Å²) in [5.74, 6) is 0.116. The number of aryl methyl sites for hydroxylation is 1. The van der Waals surface area contributed by atoms with Crippen molar-refractivity contribution in [3.05, 3.63) is 28.8 Å². The predicted molar refractivity (Wildman–Crippen MR) is 70.4 cm³/mol. The van der Waals surface area contributed by atoms with E-state index < -0.39 is 0 Å². The van der Waals surface area contributed by atoms with E-state index >= 15 is 0 Å². The minimum atomic E-state index is 0.0559. The number of carbonyl (C=O) groups is 1. The Balaban J connectivity index is 2.04. The molecule has 0 spiro atoms. The molecule has 1 aliphatic rings. The molecule has 1 heterocycles. The normalized spacial score (nSPS) is 20.0. The number of benzene rings is 1. The summed E-state index contributed by atoms with van der Waals surface area (Å²) >= 11 is 6.05. The van der Waals surface area contributed by atoms with Crippen molar-refractivity contribution in [3.8, 4) is 0 Å². The Hall–Kier alpha value is -1.06. The number of anilines is 1. The van der Waals surface area contributed by atoms with Crippen LogP contribution in [0.1, 0.15) is 18.4 Å². The highest BCUT2D eigenvalue weighted by Crippen LogP contribution is 2.24. The number of rotatable bonds is 2. The third-order valence-corrected chi connectivity index (χ3v) is 3.38. The van der Waals surface area contributed by atoms with E-state index in [0.29, 0.717) is 10.7 Å². The second-order valence-corrected chi connectivity index (χ2v) is 4.92. The highest BCUT2D eigenvalue weighted by molar-refractivity contribution is 6.33. The summed E-state index contributed by atoms with van der Waals surface area (Å²) in [7, 11) is 0. The summed E-state index contributed by atoms with van der Waals surface area (Å²) in [6.45, 7) is 3.75. The molecule has 4 heteroatoms. The smallest absolute Gasteiger partial charge is 0.228 e. The van der Waals surface area contributed by atoms with E-state index in [4.69, 9.17) is 11.6 Å². The van der Waals surface area contributed by atoms with Crippen molar-refractivity contribution in [2.45, 2.75) is 19.8 Å². The first-order valence-electron chi connectivity index (χ1n) is 5.94. The summed E-state index contributed by atoms with van der Waals surface area (Å²) in [6, 6.07) is 5.64. The van der Waals surface area contributed by atoms with E-state index in [0.717, 1.165) is 31.5 Å². The molecule has 2 rings (SSSR count). The van der Waals surface area contributed by atoms with Crippen LogP contribution in [0.2, 0.25) is 5.02 Å². The highest BCUT2D eigenvalue weighted by Gasteiger charge is 2.21. The van der Waals surface area contributed by atoms with Gasteiger partial charge in [0.15, 0.2) is 0 Å². The third-order valence-electron chi connectivity index (χ3n) is 3.05. The topological polar surface area (TPSA) is 41.1 Å². The van der Waals surface area contributed by atoms with E-state index in [9.17, 15) is 4.79 Å². The first kappa shape index (κ1) is 12.4. The van der Waals surface area contributed by atoms with E-state index in [1.54, 1.807) is 0 Å². The van der Waals surface area contributed by atoms with Crippen molar-refractivity contribution in [1.82, 2.24) is 5.32 Å². The molecule has 17 heavy (non-hydrogen) atoms. The highest BCUT2D eigenvalue weighted by atomic mass is 35.5. The van der Waals surface area contributed by atoms with Crippen LogP contribution in [0.25, 0.3) is 0 Å². The van der Waals surface area contributed by atoms with Crippen molar-refractivity contribution < 1.29 is 4.79 Å². The first-order chi connectivity index (χ1) is 8.16.